The summed E-state index contributed by atoms with van der Waals surface area (Å²) in [5.41, 5.74) is -0.229. The second kappa shape index (κ2) is 7.62. The fourth-order valence-electron chi connectivity index (χ4n) is 1.93. The molecule has 1 radical (unpaired) electrons. The van der Waals surface area contributed by atoms with Gasteiger partial charge in [0.05, 0.1) is 11.6 Å². The van der Waals surface area contributed by atoms with E-state index in [4.69, 9.17) is 10.00 Å². The second-order valence-corrected chi connectivity index (χ2v) is 4.19. The Morgan fingerprint density at radius 2 is 2.05 bits per heavy atom. The van der Waals surface area contributed by atoms with Crippen molar-refractivity contribution in [3.05, 3.63) is 35.4 Å². The van der Waals surface area contributed by atoms with Crippen LogP contribution in [0.4, 0.5) is 8.78 Å². The number of hydrogen-bond acceptors (Lipinski definition) is 3. The van der Waals surface area contributed by atoms with E-state index in [1.54, 1.807) is 6.07 Å². The SMILES string of the molecule is CN1C(=O)CC[C-]=C1c1c(F)cc(OCC#N)cc1F.[Y]. The van der Waals surface area contributed by atoms with Crippen LogP contribution in [0.25, 0.3) is 5.70 Å². The zero-order chi connectivity index (χ0) is 14.7. The van der Waals surface area contributed by atoms with E-state index in [0.29, 0.717) is 6.42 Å². The number of allylic oxidation sites excluding steroid dienone is 1. The number of nitriles is 1. The molecule has 1 amide bonds. The van der Waals surface area contributed by atoms with Gasteiger partial charge in [0.2, 0.25) is 5.91 Å². The normalized spacial score (nSPS) is 14.1. The number of amides is 1. The van der Waals surface area contributed by atoms with Crippen molar-refractivity contribution in [3.8, 4) is 11.8 Å². The summed E-state index contributed by atoms with van der Waals surface area (Å²) in [6.07, 6.45) is 3.40. The second-order valence-electron chi connectivity index (χ2n) is 4.19. The van der Waals surface area contributed by atoms with E-state index in [-0.39, 0.29) is 68.7 Å². The summed E-state index contributed by atoms with van der Waals surface area (Å²) >= 11 is 0. The van der Waals surface area contributed by atoms with Crippen molar-refractivity contribution in [3.63, 3.8) is 0 Å². The Morgan fingerprint density at radius 3 is 2.62 bits per heavy atom. The first-order valence-corrected chi connectivity index (χ1v) is 5.91. The molecule has 1 aromatic rings. The average Bonchev–Trinajstić information content (AvgIpc) is 2.40. The van der Waals surface area contributed by atoms with Gasteiger partial charge in [-0.15, -0.1) is 12.1 Å². The predicted molar refractivity (Wildman–Crippen MR) is 66.1 cm³/mol. The first kappa shape index (κ1) is 17.7. The molecule has 0 aliphatic carbocycles. The van der Waals surface area contributed by atoms with E-state index in [2.05, 4.69) is 6.08 Å². The molecule has 0 saturated heterocycles. The number of ether oxygens (including phenoxy) is 1. The van der Waals surface area contributed by atoms with E-state index in [9.17, 15) is 13.6 Å². The van der Waals surface area contributed by atoms with Crippen LogP contribution in [0.15, 0.2) is 12.1 Å². The Kier molecular flexibility index (Phi) is 6.44. The van der Waals surface area contributed by atoms with Crippen LogP contribution < -0.4 is 4.74 Å². The Morgan fingerprint density at radius 1 is 1.43 bits per heavy atom. The third kappa shape index (κ3) is 3.86. The van der Waals surface area contributed by atoms with Gasteiger partial charge >= 0.3 is 0 Å². The number of nitrogens with zero attached hydrogens (tertiary/aromatic N) is 2. The molecule has 1 aliphatic heterocycles. The van der Waals surface area contributed by atoms with Crippen molar-refractivity contribution in [2.75, 3.05) is 13.7 Å². The molecule has 0 N–H and O–H groups in total. The van der Waals surface area contributed by atoms with E-state index in [0.717, 1.165) is 12.1 Å². The van der Waals surface area contributed by atoms with Crippen LogP contribution in [-0.2, 0) is 37.5 Å². The number of carbonyl (C=O) groups is 1. The molecule has 0 atom stereocenters. The molecule has 1 aromatic carbocycles. The molecule has 107 valence electrons. The topological polar surface area (TPSA) is 53.3 Å². The van der Waals surface area contributed by atoms with Crippen LogP contribution in [0.3, 0.4) is 0 Å². The zero-order valence-electron chi connectivity index (χ0n) is 11.3. The minimum atomic E-state index is -0.859. The Bertz CT molecular complexity index is 603. The molecule has 1 aliphatic rings. The molecule has 0 saturated carbocycles. The van der Waals surface area contributed by atoms with Crippen LogP contribution in [0.1, 0.15) is 18.4 Å². The Balaban J connectivity index is 0.00000220. The summed E-state index contributed by atoms with van der Waals surface area (Å²) in [4.78, 5) is 12.7. The number of carbonyl (C=O) groups excluding carboxylic acids is 1. The average molecular weight is 366 g/mol. The molecule has 0 spiro atoms. The first-order valence-electron chi connectivity index (χ1n) is 5.91. The van der Waals surface area contributed by atoms with Crippen molar-refractivity contribution >= 4 is 11.6 Å². The molecule has 4 nitrogen and oxygen atoms in total. The van der Waals surface area contributed by atoms with Gasteiger partial charge in [0.1, 0.15) is 11.8 Å². The Labute approximate surface area is 146 Å². The monoisotopic (exact) mass is 366 g/mol. The summed E-state index contributed by atoms with van der Waals surface area (Å²) in [6.45, 7) is -0.300. The summed E-state index contributed by atoms with van der Waals surface area (Å²) in [5.74, 6) is -2.01. The van der Waals surface area contributed by atoms with Crippen molar-refractivity contribution in [1.29, 1.82) is 5.26 Å². The van der Waals surface area contributed by atoms with Crippen LogP contribution in [0, 0.1) is 29.0 Å². The van der Waals surface area contributed by atoms with Gasteiger partial charge in [-0.05, 0) is 12.1 Å². The molecule has 0 bridgehead atoms. The van der Waals surface area contributed by atoms with Gasteiger partial charge in [0.15, 0.2) is 6.61 Å². The van der Waals surface area contributed by atoms with Crippen LogP contribution in [-0.4, -0.2) is 24.5 Å². The standard InChI is InChI=1S/C14H11F2N2O2.Y/c1-18-12(3-2-4-13(18)19)14-10(15)7-9(8-11(14)16)20-6-5-17;/h7-8H,2,4,6H2,1H3;/q-1;. The number of halogens is 2. The van der Waals surface area contributed by atoms with Crippen molar-refractivity contribution in [2.45, 2.75) is 12.8 Å². The van der Waals surface area contributed by atoms with Crippen molar-refractivity contribution in [2.24, 2.45) is 0 Å². The van der Waals surface area contributed by atoms with E-state index >= 15 is 0 Å². The third-order valence-corrected chi connectivity index (χ3v) is 2.90. The largest absolute Gasteiger partial charge is 0.479 e. The van der Waals surface area contributed by atoms with Gasteiger partial charge in [0, 0.05) is 46.2 Å². The predicted octanol–water partition coefficient (Wildman–Crippen LogP) is 2.26. The molecular formula is C14H11F2N2O2Y-. The molecule has 1 heterocycles. The molecular weight excluding hydrogens is 355 g/mol. The van der Waals surface area contributed by atoms with Crippen molar-refractivity contribution in [1.82, 2.24) is 4.90 Å². The van der Waals surface area contributed by atoms with Gasteiger partial charge in [-0.1, -0.05) is 5.56 Å². The summed E-state index contributed by atoms with van der Waals surface area (Å²) in [5, 5.41) is 8.37. The molecule has 2 rings (SSSR count). The number of rotatable bonds is 3. The van der Waals surface area contributed by atoms with Crippen LogP contribution in [0.2, 0.25) is 0 Å². The molecule has 0 unspecified atom stereocenters. The quantitative estimate of drug-likeness (QED) is 0.772. The van der Waals surface area contributed by atoms with Crippen LogP contribution in [0.5, 0.6) is 5.75 Å². The fourth-order valence-corrected chi connectivity index (χ4v) is 1.93. The van der Waals surface area contributed by atoms with Crippen LogP contribution >= 0.6 is 0 Å². The zero-order valence-corrected chi connectivity index (χ0v) is 14.2. The van der Waals surface area contributed by atoms with Gasteiger partial charge in [0.25, 0.3) is 0 Å². The van der Waals surface area contributed by atoms with E-state index < -0.39 is 11.6 Å². The minimum Gasteiger partial charge on any atom is -0.479 e. The van der Waals surface area contributed by atoms with Crippen molar-refractivity contribution < 1.29 is 51.0 Å². The minimum absolute atomic E-state index is 0. The maximum atomic E-state index is 14.0. The summed E-state index contributed by atoms with van der Waals surface area (Å²) in [7, 11) is 1.45. The number of benzene rings is 1. The Hall–Kier alpha value is -1.32. The van der Waals surface area contributed by atoms with E-state index in [1.165, 1.54) is 11.9 Å². The maximum absolute atomic E-state index is 14.0. The van der Waals surface area contributed by atoms with Gasteiger partial charge in [-0.3, -0.25) is 4.79 Å². The summed E-state index contributed by atoms with van der Waals surface area (Å²) < 4.78 is 32.9. The summed E-state index contributed by atoms with van der Waals surface area (Å²) in [6, 6.07) is 3.68. The van der Waals surface area contributed by atoms with E-state index in [1.807, 2.05) is 0 Å². The first-order chi connectivity index (χ1) is 9.54. The molecule has 21 heavy (non-hydrogen) atoms. The van der Waals surface area contributed by atoms with Gasteiger partial charge in [-0.25, -0.2) is 14.9 Å². The molecule has 0 aromatic heterocycles. The molecule has 0 fully saturated rings. The smallest absolute Gasteiger partial charge is 0.222 e. The maximum Gasteiger partial charge on any atom is 0.222 e. The van der Waals surface area contributed by atoms with Gasteiger partial charge < -0.3 is 9.64 Å². The fraction of sp³-hybridized carbons (Fsp3) is 0.286. The van der Waals surface area contributed by atoms with Gasteiger partial charge in [-0.2, -0.15) is 5.26 Å². The molecule has 7 heteroatoms. The third-order valence-electron chi connectivity index (χ3n) is 2.90. The number of hydrogen-bond donors (Lipinski definition) is 0.